The minimum Gasteiger partial charge on any atom is -0.309 e. The molecule has 10 aromatic carbocycles. The van der Waals surface area contributed by atoms with Crippen LogP contribution in [0, 0.1) is 0 Å². The Balaban J connectivity index is 0.893. The number of hydrogen-bond acceptors (Lipinski definition) is 3. The van der Waals surface area contributed by atoms with Gasteiger partial charge in [0.25, 0.3) is 0 Å². The van der Waals surface area contributed by atoms with Crippen molar-refractivity contribution in [2.45, 2.75) is 0 Å². The van der Waals surface area contributed by atoms with Crippen LogP contribution < -0.4 is 0 Å². The Morgan fingerprint density at radius 3 is 1.25 bits per heavy atom. The molecule has 318 valence electrons. The quantitative estimate of drug-likeness (QED) is 0.160. The van der Waals surface area contributed by atoms with Crippen LogP contribution in [-0.4, -0.2) is 23.7 Å². The van der Waals surface area contributed by atoms with Crippen LogP contribution in [0.25, 0.3) is 126 Å². The van der Waals surface area contributed by atoms with Gasteiger partial charge in [0.2, 0.25) is 0 Å². The summed E-state index contributed by atoms with van der Waals surface area (Å²) in [5, 5.41) is 6.00. The smallest absolute Gasteiger partial charge is 0.145 e. The third kappa shape index (κ3) is 6.01. The molecule has 0 bridgehead atoms. The van der Waals surface area contributed by atoms with Crippen molar-refractivity contribution in [3.8, 4) is 61.3 Å². The lowest BCUT2D eigenvalue weighted by Gasteiger charge is -2.12. The van der Waals surface area contributed by atoms with E-state index in [0.29, 0.717) is 0 Å². The first-order valence-electron chi connectivity index (χ1n) is 23.0. The van der Waals surface area contributed by atoms with Crippen molar-refractivity contribution in [2.75, 3.05) is 0 Å². The first kappa shape index (κ1) is 38.4. The van der Waals surface area contributed by atoms with E-state index in [0.717, 1.165) is 82.5 Å². The van der Waals surface area contributed by atoms with Gasteiger partial charge in [0.15, 0.2) is 0 Å². The fourth-order valence-electron chi connectivity index (χ4n) is 10.4. The molecule has 0 saturated heterocycles. The summed E-state index contributed by atoms with van der Waals surface area (Å²) in [6, 6.07) is 84.9. The highest BCUT2D eigenvalue weighted by atomic mass is 32.1. The number of rotatable bonds is 7. The number of aromatic nitrogens is 5. The summed E-state index contributed by atoms with van der Waals surface area (Å²) >= 11 is 1.75. The van der Waals surface area contributed by atoms with Crippen LogP contribution in [0.15, 0.2) is 237 Å². The number of para-hydroxylation sites is 7. The monoisotopic (exact) mass is 885 g/mol. The Kier molecular flexibility index (Phi) is 8.69. The second-order valence-electron chi connectivity index (χ2n) is 17.4. The van der Waals surface area contributed by atoms with Crippen molar-refractivity contribution in [1.29, 1.82) is 0 Å². The van der Waals surface area contributed by atoms with Gasteiger partial charge in [-0.3, -0.25) is 4.57 Å². The van der Waals surface area contributed by atoms with Gasteiger partial charge in [-0.1, -0.05) is 164 Å². The van der Waals surface area contributed by atoms with E-state index in [1.54, 1.807) is 11.3 Å². The van der Waals surface area contributed by atoms with Gasteiger partial charge in [0, 0.05) is 60.9 Å². The summed E-state index contributed by atoms with van der Waals surface area (Å²) in [6.07, 6.45) is 0. The van der Waals surface area contributed by atoms with Gasteiger partial charge in [0.05, 0.1) is 43.3 Å². The van der Waals surface area contributed by atoms with Gasteiger partial charge in [0.1, 0.15) is 10.8 Å². The van der Waals surface area contributed by atoms with Gasteiger partial charge in [-0.15, -0.1) is 11.3 Å². The Bertz CT molecular complexity index is 3930. The summed E-state index contributed by atoms with van der Waals surface area (Å²) in [4.78, 5) is 10.7. The minimum absolute atomic E-state index is 0.909. The predicted molar refractivity (Wildman–Crippen MR) is 285 cm³/mol. The van der Waals surface area contributed by atoms with E-state index in [9.17, 15) is 0 Å². The van der Waals surface area contributed by atoms with E-state index in [4.69, 9.17) is 9.97 Å². The van der Waals surface area contributed by atoms with Crippen LogP contribution in [0.4, 0.5) is 0 Å². The molecule has 0 fully saturated rings. The van der Waals surface area contributed by atoms with Crippen LogP contribution in [0.1, 0.15) is 0 Å². The summed E-state index contributed by atoms with van der Waals surface area (Å²) in [5.74, 6) is 0.909. The molecule has 0 radical (unpaired) electrons. The number of thiazole rings is 1. The Morgan fingerprint density at radius 2 is 0.706 bits per heavy atom. The maximum atomic E-state index is 5.52. The zero-order valence-electron chi connectivity index (χ0n) is 36.7. The third-order valence-corrected chi connectivity index (χ3v) is 14.7. The van der Waals surface area contributed by atoms with Crippen LogP contribution in [-0.2, 0) is 0 Å². The second-order valence-corrected chi connectivity index (χ2v) is 18.4. The van der Waals surface area contributed by atoms with E-state index in [-0.39, 0.29) is 0 Å². The molecule has 0 unspecified atom stereocenters. The predicted octanol–water partition coefficient (Wildman–Crippen LogP) is 16.5. The molecule has 4 heterocycles. The van der Waals surface area contributed by atoms with Gasteiger partial charge in [-0.25, -0.2) is 9.97 Å². The zero-order valence-corrected chi connectivity index (χ0v) is 37.5. The summed E-state index contributed by atoms with van der Waals surface area (Å²) in [7, 11) is 0. The minimum atomic E-state index is 0.909. The number of imidazole rings is 1. The van der Waals surface area contributed by atoms with E-state index in [1.165, 1.54) is 43.6 Å². The first-order chi connectivity index (χ1) is 33.7. The molecule has 68 heavy (non-hydrogen) atoms. The molecule has 4 aromatic heterocycles. The van der Waals surface area contributed by atoms with E-state index in [2.05, 4.69) is 244 Å². The van der Waals surface area contributed by atoms with Crippen molar-refractivity contribution in [3.05, 3.63) is 237 Å². The highest BCUT2D eigenvalue weighted by molar-refractivity contribution is 7.22. The average molecular weight is 886 g/mol. The third-order valence-electron chi connectivity index (χ3n) is 13.5. The molecule has 0 aliphatic rings. The SMILES string of the molecule is c1ccc(-n2c(-c3ccc(-c4nc5c(-c6ccc(-n7c8ccccc8c8ccccc87)cc6)ccc(-c6ccc(-n7c8ccccc8c8ccccc87)cc6)c5s4)cc3)nc3ccccc32)cc1. The zero-order chi connectivity index (χ0) is 44.7. The maximum absolute atomic E-state index is 5.52. The molecular weight excluding hydrogens is 847 g/mol. The molecule has 0 aliphatic heterocycles. The van der Waals surface area contributed by atoms with Crippen LogP contribution >= 0.6 is 11.3 Å². The maximum Gasteiger partial charge on any atom is 0.145 e. The highest BCUT2D eigenvalue weighted by Crippen LogP contribution is 2.43. The van der Waals surface area contributed by atoms with Crippen molar-refractivity contribution >= 4 is 76.2 Å². The van der Waals surface area contributed by atoms with E-state index < -0.39 is 0 Å². The van der Waals surface area contributed by atoms with Crippen LogP contribution in [0.5, 0.6) is 0 Å². The normalized spacial score (nSPS) is 11.8. The van der Waals surface area contributed by atoms with Crippen molar-refractivity contribution in [2.24, 2.45) is 0 Å². The molecule has 0 aliphatic carbocycles. The van der Waals surface area contributed by atoms with E-state index >= 15 is 0 Å². The topological polar surface area (TPSA) is 40.6 Å². The average Bonchev–Trinajstić information content (AvgIpc) is 4.19. The van der Waals surface area contributed by atoms with Gasteiger partial charge in [-0.05, 0) is 83.9 Å². The molecule has 0 saturated carbocycles. The standard InChI is InChI=1S/C62H39N5S/c1-2-14-44(15-3-1)67-58-25-13-8-20-53(58)63-61(67)42-26-28-43(29-27-42)62-64-59-47(40-30-34-45(35-31-40)65-54-21-9-4-16-49(54)50-17-5-10-22-55(50)65)38-39-48(60(59)68-62)41-32-36-46(37-33-41)66-56-23-11-6-18-51(56)52-19-7-12-24-57(52)66/h1-39H. The summed E-state index contributed by atoms with van der Waals surface area (Å²) < 4.78 is 8.15. The highest BCUT2D eigenvalue weighted by Gasteiger charge is 2.20. The summed E-state index contributed by atoms with van der Waals surface area (Å²) in [6.45, 7) is 0. The molecule has 0 spiro atoms. The molecule has 5 nitrogen and oxygen atoms in total. The van der Waals surface area contributed by atoms with Gasteiger partial charge in [-0.2, -0.15) is 0 Å². The van der Waals surface area contributed by atoms with Crippen LogP contribution in [0.3, 0.4) is 0 Å². The Hall–Kier alpha value is -8.84. The van der Waals surface area contributed by atoms with E-state index in [1.807, 2.05) is 6.07 Å². The van der Waals surface area contributed by atoms with Gasteiger partial charge >= 0.3 is 0 Å². The number of fused-ring (bicyclic) bond motifs is 8. The number of hydrogen-bond donors (Lipinski definition) is 0. The molecule has 0 amide bonds. The van der Waals surface area contributed by atoms with Crippen molar-refractivity contribution in [1.82, 2.24) is 23.7 Å². The lowest BCUT2D eigenvalue weighted by Crippen LogP contribution is -1.97. The van der Waals surface area contributed by atoms with Crippen molar-refractivity contribution < 1.29 is 0 Å². The van der Waals surface area contributed by atoms with Crippen molar-refractivity contribution in [3.63, 3.8) is 0 Å². The fourth-order valence-corrected chi connectivity index (χ4v) is 11.5. The molecule has 0 atom stereocenters. The second kappa shape index (κ2) is 15.4. The Labute approximate surface area is 395 Å². The lowest BCUT2D eigenvalue weighted by molar-refractivity contribution is 1.10. The fraction of sp³-hybridized carbons (Fsp3) is 0. The Morgan fingerprint density at radius 1 is 0.294 bits per heavy atom. The number of benzene rings is 10. The van der Waals surface area contributed by atoms with Crippen LogP contribution in [0.2, 0.25) is 0 Å². The first-order valence-corrected chi connectivity index (χ1v) is 23.8. The molecule has 14 aromatic rings. The van der Waals surface area contributed by atoms with Gasteiger partial charge < -0.3 is 9.13 Å². The molecule has 6 heteroatoms. The number of nitrogens with zero attached hydrogens (tertiary/aromatic N) is 5. The molecule has 14 rings (SSSR count). The lowest BCUT2D eigenvalue weighted by atomic mass is 9.98. The molecular formula is C62H39N5S. The largest absolute Gasteiger partial charge is 0.309 e. The molecule has 0 N–H and O–H groups in total. The summed E-state index contributed by atoms with van der Waals surface area (Å²) in [5.41, 5.74) is 17.8.